The van der Waals surface area contributed by atoms with Gasteiger partial charge in [-0.15, -0.1) is 0 Å². The summed E-state index contributed by atoms with van der Waals surface area (Å²) in [5.74, 6) is -0.448. The Morgan fingerprint density at radius 3 is 2.26 bits per heavy atom. The molecule has 1 saturated heterocycles. The normalized spacial score (nSPS) is 18.9. The predicted molar refractivity (Wildman–Crippen MR) is 119 cm³/mol. The summed E-state index contributed by atoms with van der Waals surface area (Å²) >= 11 is 17.9. The maximum atomic E-state index is 14.2. The molecule has 0 saturated carbocycles. The molecule has 0 radical (unpaired) electrons. The Morgan fingerprint density at radius 2 is 1.74 bits per heavy atom. The lowest BCUT2D eigenvalue weighted by Crippen LogP contribution is -2.46. The monoisotopic (exact) mass is 566 g/mol. The zero-order valence-corrected chi connectivity index (χ0v) is 20.2. The van der Waals surface area contributed by atoms with Gasteiger partial charge in [0.1, 0.15) is 12.2 Å². The Labute approximate surface area is 209 Å². The van der Waals surface area contributed by atoms with Gasteiger partial charge in [-0.05, 0) is 35.4 Å². The molecule has 34 heavy (non-hydrogen) atoms. The van der Waals surface area contributed by atoms with Gasteiger partial charge in [0.15, 0.2) is 0 Å². The van der Waals surface area contributed by atoms with E-state index in [0.717, 1.165) is 22.5 Å². The second kappa shape index (κ2) is 9.85. The first-order valence-corrected chi connectivity index (χ1v) is 11.3. The summed E-state index contributed by atoms with van der Waals surface area (Å²) in [6, 6.07) is 4.92. The van der Waals surface area contributed by atoms with Crippen LogP contribution in [0.25, 0.3) is 0 Å². The molecule has 186 valence electrons. The second-order valence-corrected chi connectivity index (χ2v) is 9.19. The van der Waals surface area contributed by atoms with Crippen LogP contribution in [0.15, 0.2) is 30.3 Å². The lowest BCUT2D eigenvalue weighted by Gasteiger charge is -2.30. The Morgan fingerprint density at radius 1 is 1.12 bits per heavy atom. The highest BCUT2D eigenvalue weighted by molar-refractivity contribution is 7.96. The summed E-state index contributed by atoms with van der Waals surface area (Å²) in [5.41, 5.74) is -4.91. The summed E-state index contributed by atoms with van der Waals surface area (Å²) in [7, 11) is 0. The fraction of sp³-hybridized carbons (Fsp3) is 0.350. The van der Waals surface area contributed by atoms with Crippen molar-refractivity contribution in [2.75, 3.05) is 10.8 Å². The van der Waals surface area contributed by atoms with E-state index in [1.807, 2.05) is 0 Å². The van der Waals surface area contributed by atoms with Crippen LogP contribution in [0.2, 0.25) is 15.1 Å². The third-order valence-electron chi connectivity index (χ3n) is 5.03. The number of halogens is 9. The van der Waals surface area contributed by atoms with E-state index < -0.39 is 41.5 Å². The average molecular weight is 568 g/mol. The molecular formula is C20H15Cl3F6N2O2S. The van der Waals surface area contributed by atoms with Gasteiger partial charge in [0.25, 0.3) is 0 Å². The minimum atomic E-state index is -4.98. The number of carbonyl (C=O) groups is 1. The molecule has 0 aliphatic carbocycles. The number of alkyl halides is 6. The van der Waals surface area contributed by atoms with Gasteiger partial charge in [-0.25, -0.2) is 0 Å². The number of rotatable bonds is 5. The first-order valence-electron chi connectivity index (χ1n) is 9.51. The molecular weight excluding hydrogens is 553 g/mol. The standard InChI is InChI=1S/C20H15Cl3F6N2O2S/c1-2-16(32)30-8-10-3-4-12(7-13(10)19(24,25)26)31-9-18(33-34-31,20(27,28)29)11-5-14(21)17(23)15(22)6-11/h3-7H,2,8-9H2,1H3,(H,30,32). The van der Waals surface area contributed by atoms with Crippen molar-refractivity contribution in [2.24, 2.45) is 0 Å². The van der Waals surface area contributed by atoms with Gasteiger partial charge in [0.05, 0.1) is 27.2 Å². The summed E-state index contributed by atoms with van der Waals surface area (Å²) in [4.78, 5) is 11.4. The maximum absolute atomic E-state index is 14.2. The highest BCUT2D eigenvalue weighted by Gasteiger charge is 2.62. The molecule has 0 spiro atoms. The highest BCUT2D eigenvalue weighted by Crippen LogP contribution is 2.53. The first kappa shape index (κ1) is 27.1. The SMILES string of the molecule is CCC(=O)NCc1ccc(N2CC(c3cc(Cl)c(Cl)c(Cl)c3)(C(F)(F)F)OS2)cc1C(F)(F)F. The van der Waals surface area contributed by atoms with Crippen LogP contribution < -0.4 is 9.62 Å². The van der Waals surface area contributed by atoms with Crippen molar-refractivity contribution in [1.82, 2.24) is 5.32 Å². The molecule has 4 nitrogen and oxygen atoms in total. The summed E-state index contributed by atoms with van der Waals surface area (Å²) in [6.07, 6.45) is -9.71. The predicted octanol–water partition coefficient (Wildman–Crippen LogP) is 7.55. The number of hydrogen-bond donors (Lipinski definition) is 1. The van der Waals surface area contributed by atoms with E-state index in [1.54, 1.807) is 6.92 Å². The minimum Gasteiger partial charge on any atom is -0.352 e. The van der Waals surface area contributed by atoms with Crippen molar-refractivity contribution in [1.29, 1.82) is 0 Å². The zero-order chi connectivity index (χ0) is 25.5. The van der Waals surface area contributed by atoms with Gasteiger partial charge in [-0.1, -0.05) is 47.8 Å². The lowest BCUT2D eigenvalue weighted by molar-refractivity contribution is -0.241. The Bertz CT molecular complexity index is 1080. The first-order chi connectivity index (χ1) is 15.7. The molecule has 1 aliphatic heterocycles. The van der Waals surface area contributed by atoms with Crippen molar-refractivity contribution in [3.8, 4) is 0 Å². The summed E-state index contributed by atoms with van der Waals surface area (Å²) in [5, 5.41) is 1.73. The molecule has 1 unspecified atom stereocenters. The molecule has 2 aromatic carbocycles. The highest BCUT2D eigenvalue weighted by atomic mass is 35.5. The van der Waals surface area contributed by atoms with Crippen LogP contribution in [0, 0.1) is 0 Å². The minimum absolute atomic E-state index is 0.0828. The number of nitrogens with one attached hydrogen (secondary N) is 1. The van der Waals surface area contributed by atoms with E-state index in [0.29, 0.717) is 6.07 Å². The molecule has 3 rings (SSSR count). The average Bonchev–Trinajstić information content (AvgIpc) is 3.21. The van der Waals surface area contributed by atoms with E-state index in [9.17, 15) is 31.1 Å². The Hall–Kier alpha value is -1.53. The lowest BCUT2D eigenvalue weighted by atomic mass is 9.92. The smallest absolute Gasteiger partial charge is 0.352 e. The molecule has 1 fully saturated rings. The van der Waals surface area contributed by atoms with Crippen LogP contribution >= 0.6 is 47.0 Å². The van der Waals surface area contributed by atoms with Gasteiger partial charge in [0, 0.05) is 18.7 Å². The largest absolute Gasteiger partial charge is 0.424 e. The number of nitrogens with zero attached hydrogens (tertiary/aromatic N) is 1. The number of hydrogen-bond acceptors (Lipinski definition) is 4. The van der Waals surface area contributed by atoms with Gasteiger partial charge in [-0.3, -0.25) is 13.3 Å². The van der Waals surface area contributed by atoms with Crippen LogP contribution in [0.4, 0.5) is 32.0 Å². The molecule has 1 amide bonds. The second-order valence-electron chi connectivity index (χ2n) is 7.24. The van der Waals surface area contributed by atoms with Crippen LogP contribution in [-0.4, -0.2) is 18.6 Å². The third-order valence-corrected chi connectivity index (χ3v) is 7.10. The number of benzene rings is 2. The molecule has 1 heterocycles. The molecule has 1 aliphatic rings. The third kappa shape index (κ3) is 5.33. The number of amides is 1. The zero-order valence-electron chi connectivity index (χ0n) is 17.1. The molecule has 2 aromatic rings. The fourth-order valence-corrected chi connectivity index (χ4v) is 4.67. The van der Waals surface area contributed by atoms with Crippen LogP contribution in [0.5, 0.6) is 0 Å². The van der Waals surface area contributed by atoms with Crippen LogP contribution in [0.1, 0.15) is 30.0 Å². The van der Waals surface area contributed by atoms with Crippen molar-refractivity contribution in [3.63, 3.8) is 0 Å². The Balaban J connectivity index is 1.99. The molecule has 0 bridgehead atoms. The van der Waals surface area contributed by atoms with Crippen LogP contribution in [-0.2, 0) is 27.3 Å². The topological polar surface area (TPSA) is 41.6 Å². The van der Waals surface area contributed by atoms with E-state index >= 15 is 0 Å². The van der Waals surface area contributed by atoms with Gasteiger partial charge < -0.3 is 5.32 Å². The van der Waals surface area contributed by atoms with Gasteiger partial charge >= 0.3 is 12.4 Å². The maximum Gasteiger partial charge on any atom is 0.424 e. The van der Waals surface area contributed by atoms with Gasteiger partial charge in [-0.2, -0.15) is 26.3 Å². The number of carbonyl (C=O) groups excluding carboxylic acids is 1. The van der Waals surface area contributed by atoms with E-state index in [-0.39, 0.29) is 51.5 Å². The molecule has 1 N–H and O–H groups in total. The van der Waals surface area contributed by atoms with Crippen molar-refractivity contribution >= 4 is 58.6 Å². The molecule has 1 atom stereocenters. The number of anilines is 1. The quantitative estimate of drug-likeness (QED) is 0.175. The van der Waals surface area contributed by atoms with Crippen molar-refractivity contribution < 1.29 is 35.3 Å². The Kier molecular flexibility index (Phi) is 7.84. The van der Waals surface area contributed by atoms with Crippen molar-refractivity contribution in [2.45, 2.75) is 37.8 Å². The van der Waals surface area contributed by atoms with Crippen LogP contribution in [0.3, 0.4) is 0 Å². The van der Waals surface area contributed by atoms with E-state index in [4.69, 9.17) is 39.0 Å². The van der Waals surface area contributed by atoms with E-state index in [2.05, 4.69) is 5.32 Å². The molecule has 14 heteroatoms. The fourth-order valence-electron chi connectivity index (χ4n) is 3.18. The summed E-state index contributed by atoms with van der Waals surface area (Å²) in [6.45, 7) is 0.264. The van der Waals surface area contributed by atoms with E-state index in [1.165, 1.54) is 6.07 Å². The summed E-state index contributed by atoms with van der Waals surface area (Å²) < 4.78 is 89.6. The molecule has 0 aromatic heterocycles. The van der Waals surface area contributed by atoms with Crippen molar-refractivity contribution in [3.05, 3.63) is 62.1 Å². The van der Waals surface area contributed by atoms with Gasteiger partial charge in [0.2, 0.25) is 11.5 Å².